The van der Waals surface area contributed by atoms with Gasteiger partial charge in [0.2, 0.25) is 5.88 Å². The number of piperidine rings is 1. The number of ether oxygens (including phenoxy) is 2. The van der Waals surface area contributed by atoms with Crippen molar-refractivity contribution in [3.8, 4) is 11.6 Å². The van der Waals surface area contributed by atoms with E-state index in [1.807, 2.05) is 56.9 Å². The molecule has 0 spiro atoms. The van der Waals surface area contributed by atoms with Gasteiger partial charge < -0.3 is 14.4 Å². The van der Waals surface area contributed by atoms with Crippen molar-refractivity contribution in [3.05, 3.63) is 47.2 Å². The van der Waals surface area contributed by atoms with E-state index in [0.717, 1.165) is 43.7 Å². The van der Waals surface area contributed by atoms with Crippen molar-refractivity contribution in [2.24, 2.45) is 0 Å². The van der Waals surface area contributed by atoms with E-state index in [1.165, 1.54) is 11.1 Å². The summed E-state index contributed by atoms with van der Waals surface area (Å²) in [4.78, 5) is 14.8. The average Bonchev–Trinajstić information content (AvgIpc) is 2.67. The molecule has 0 saturated carbocycles. The maximum absolute atomic E-state index is 12.8. The Hall–Kier alpha value is -2.63. The molecule has 1 saturated heterocycles. The molecule has 6 heteroatoms. The standard InChI is InChI=1S/C23H29N3O3/c1-15-10-13-20(25-24-15)28-19-9-5-7-16-11-12-18-17(21(16)19)8-6-14-26(18)22(27)29-23(2,3)4/h5,7,9-10,13,17-18H,6,8,11-12,14H2,1-4H3/t17-,18-/m0/s1. The van der Waals surface area contributed by atoms with Gasteiger partial charge in [-0.2, -0.15) is 5.10 Å². The molecular formula is C23H29N3O3. The minimum Gasteiger partial charge on any atom is -0.444 e. The zero-order valence-corrected chi connectivity index (χ0v) is 17.6. The van der Waals surface area contributed by atoms with Crippen LogP contribution in [0, 0.1) is 6.92 Å². The minimum atomic E-state index is -0.491. The number of likely N-dealkylation sites (tertiary alicyclic amines) is 1. The van der Waals surface area contributed by atoms with Gasteiger partial charge in [0.1, 0.15) is 11.4 Å². The normalized spacial score (nSPS) is 21.2. The number of hydrogen-bond acceptors (Lipinski definition) is 5. The molecule has 0 bridgehead atoms. The van der Waals surface area contributed by atoms with Crippen molar-refractivity contribution < 1.29 is 14.3 Å². The van der Waals surface area contributed by atoms with Crippen LogP contribution in [0.25, 0.3) is 0 Å². The summed E-state index contributed by atoms with van der Waals surface area (Å²) in [6, 6.07) is 10.1. The molecule has 1 aliphatic heterocycles. The number of carbonyl (C=O) groups excluding carboxylic acids is 1. The summed E-state index contributed by atoms with van der Waals surface area (Å²) in [6.45, 7) is 8.39. The highest BCUT2D eigenvalue weighted by Gasteiger charge is 2.41. The fraction of sp³-hybridized carbons (Fsp3) is 0.522. The van der Waals surface area contributed by atoms with Crippen LogP contribution in [-0.4, -0.2) is 39.4 Å². The summed E-state index contributed by atoms with van der Waals surface area (Å²) in [7, 11) is 0. The first kappa shape index (κ1) is 19.7. The molecule has 1 fully saturated rings. The molecule has 154 valence electrons. The summed E-state index contributed by atoms with van der Waals surface area (Å²) in [5, 5.41) is 8.25. The molecular weight excluding hydrogens is 366 g/mol. The first-order valence-corrected chi connectivity index (χ1v) is 10.4. The Labute approximate surface area is 172 Å². The molecule has 6 nitrogen and oxygen atoms in total. The Morgan fingerprint density at radius 2 is 1.97 bits per heavy atom. The number of hydrogen-bond donors (Lipinski definition) is 0. The van der Waals surface area contributed by atoms with Crippen molar-refractivity contribution in [1.82, 2.24) is 15.1 Å². The van der Waals surface area contributed by atoms with E-state index in [-0.39, 0.29) is 18.1 Å². The predicted octanol–water partition coefficient (Wildman–Crippen LogP) is 5.01. The molecule has 4 rings (SSSR count). The second-order valence-corrected chi connectivity index (χ2v) is 8.97. The smallest absolute Gasteiger partial charge is 0.410 e. The lowest BCUT2D eigenvalue weighted by Gasteiger charge is -2.45. The topological polar surface area (TPSA) is 64.5 Å². The third-order valence-electron chi connectivity index (χ3n) is 5.63. The van der Waals surface area contributed by atoms with E-state index in [9.17, 15) is 4.79 Å². The van der Waals surface area contributed by atoms with Crippen LogP contribution in [-0.2, 0) is 11.2 Å². The second-order valence-electron chi connectivity index (χ2n) is 8.97. The van der Waals surface area contributed by atoms with Gasteiger partial charge in [-0.25, -0.2) is 4.79 Å². The number of benzene rings is 1. The lowest BCUT2D eigenvalue weighted by atomic mass is 9.74. The highest BCUT2D eigenvalue weighted by atomic mass is 16.6. The van der Waals surface area contributed by atoms with E-state index in [0.29, 0.717) is 5.88 Å². The average molecular weight is 396 g/mol. The van der Waals surface area contributed by atoms with Gasteiger partial charge in [0.15, 0.2) is 0 Å². The summed E-state index contributed by atoms with van der Waals surface area (Å²) in [5.41, 5.74) is 2.87. The van der Waals surface area contributed by atoms with Crippen LogP contribution in [0.1, 0.15) is 62.8 Å². The molecule has 2 heterocycles. The molecule has 2 atom stereocenters. The van der Waals surface area contributed by atoms with Gasteiger partial charge >= 0.3 is 6.09 Å². The summed E-state index contributed by atoms with van der Waals surface area (Å²) in [5.74, 6) is 1.56. The fourth-order valence-electron chi connectivity index (χ4n) is 4.47. The van der Waals surface area contributed by atoms with E-state index in [4.69, 9.17) is 9.47 Å². The molecule has 1 aromatic heterocycles. The van der Waals surface area contributed by atoms with Crippen molar-refractivity contribution in [2.75, 3.05) is 6.54 Å². The zero-order valence-electron chi connectivity index (χ0n) is 17.6. The van der Waals surface area contributed by atoms with Crippen LogP contribution in [0.2, 0.25) is 0 Å². The Morgan fingerprint density at radius 3 is 2.69 bits per heavy atom. The van der Waals surface area contributed by atoms with Gasteiger partial charge in [-0.05, 0) is 71.1 Å². The summed E-state index contributed by atoms with van der Waals surface area (Å²) < 4.78 is 11.8. The van der Waals surface area contributed by atoms with Gasteiger partial charge in [-0.15, -0.1) is 5.10 Å². The monoisotopic (exact) mass is 395 g/mol. The summed E-state index contributed by atoms with van der Waals surface area (Å²) in [6.07, 6.45) is 3.66. The van der Waals surface area contributed by atoms with Gasteiger partial charge in [-0.3, -0.25) is 0 Å². The van der Waals surface area contributed by atoms with Crippen molar-refractivity contribution in [3.63, 3.8) is 0 Å². The molecule has 0 unspecified atom stereocenters. The molecule has 1 amide bonds. The van der Waals surface area contributed by atoms with Crippen LogP contribution in [0.5, 0.6) is 11.6 Å². The summed E-state index contributed by atoms with van der Waals surface area (Å²) >= 11 is 0. The van der Waals surface area contributed by atoms with Crippen LogP contribution >= 0.6 is 0 Å². The van der Waals surface area contributed by atoms with Crippen LogP contribution in [0.15, 0.2) is 30.3 Å². The van der Waals surface area contributed by atoms with E-state index in [2.05, 4.69) is 16.3 Å². The molecule has 2 aliphatic rings. The van der Waals surface area contributed by atoms with Crippen molar-refractivity contribution >= 4 is 6.09 Å². The quantitative estimate of drug-likeness (QED) is 0.715. The Morgan fingerprint density at radius 1 is 1.14 bits per heavy atom. The van der Waals surface area contributed by atoms with Crippen molar-refractivity contribution in [1.29, 1.82) is 0 Å². The Kier molecular flexibility index (Phi) is 5.19. The molecule has 29 heavy (non-hydrogen) atoms. The van der Waals surface area contributed by atoms with Gasteiger partial charge in [0.25, 0.3) is 0 Å². The fourth-order valence-corrected chi connectivity index (χ4v) is 4.47. The van der Waals surface area contributed by atoms with E-state index < -0.39 is 5.60 Å². The lowest BCUT2D eigenvalue weighted by molar-refractivity contribution is 0.00407. The van der Waals surface area contributed by atoms with E-state index in [1.54, 1.807) is 0 Å². The first-order chi connectivity index (χ1) is 13.8. The molecule has 2 aromatic rings. The largest absolute Gasteiger partial charge is 0.444 e. The van der Waals surface area contributed by atoms with E-state index >= 15 is 0 Å². The third-order valence-corrected chi connectivity index (χ3v) is 5.63. The third kappa shape index (κ3) is 4.21. The van der Waals surface area contributed by atoms with Crippen LogP contribution in [0.4, 0.5) is 4.79 Å². The highest BCUT2D eigenvalue weighted by molar-refractivity contribution is 5.69. The number of aryl methyl sites for hydroxylation is 2. The highest BCUT2D eigenvalue weighted by Crippen LogP contribution is 2.45. The first-order valence-electron chi connectivity index (χ1n) is 10.4. The predicted molar refractivity (Wildman–Crippen MR) is 110 cm³/mol. The number of nitrogens with zero attached hydrogens (tertiary/aromatic N) is 3. The van der Waals surface area contributed by atoms with Crippen LogP contribution < -0.4 is 4.74 Å². The number of rotatable bonds is 2. The number of fused-ring (bicyclic) bond motifs is 3. The van der Waals surface area contributed by atoms with Gasteiger partial charge in [0.05, 0.1) is 5.69 Å². The second kappa shape index (κ2) is 7.65. The lowest BCUT2D eigenvalue weighted by Crippen LogP contribution is -2.50. The SMILES string of the molecule is Cc1ccc(Oc2cccc3c2[C@H]2CCCN(C(=O)OC(C)(C)C)[C@H]2CC3)nn1. The maximum Gasteiger partial charge on any atom is 0.410 e. The number of amides is 1. The number of aromatic nitrogens is 2. The minimum absolute atomic E-state index is 0.139. The van der Waals surface area contributed by atoms with Crippen LogP contribution in [0.3, 0.4) is 0 Å². The number of carbonyl (C=O) groups is 1. The Bertz CT molecular complexity index is 889. The molecule has 1 aliphatic carbocycles. The van der Waals surface area contributed by atoms with Crippen molar-refractivity contribution in [2.45, 2.75) is 70.9 Å². The molecule has 0 radical (unpaired) electrons. The van der Waals surface area contributed by atoms with Gasteiger partial charge in [0, 0.05) is 30.1 Å². The maximum atomic E-state index is 12.8. The van der Waals surface area contributed by atoms with Gasteiger partial charge in [-0.1, -0.05) is 12.1 Å². The molecule has 1 aromatic carbocycles. The zero-order chi connectivity index (χ0) is 20.6. The molecule has 0 N–H and O–H groups in total. The Balaban J connectivity index is 1.63.